The van der Waals surface area contributed by atoms with E-state index in [2.05, 4.69) is 9.98 Å². The third kappa shape index (κ3) is 0.570. The Hall–Kier alpha value is -1.26. The summed E-state index contributed by atoms with van der Waals surface area (Å²) in [6.45, 7) is 0. The van der Waals surface area contributed by atoms with E-state index < -0.39 is 4.65 Å². The van der Waals surface area contributed by atoms with Crippen LogP contribution in [0.25, 0.3) is 0 Å². The van der Waals surface area contributed by atoms with Gasteiger partial charge in [0, 0.05) is 12.3 Å². The smallest absolute Gasteiger partial charge is 0.338 e. The maximum absolute atomic E-state index is 11.4. The monoisotopic (exact) mass is 135 g/mol. The molecule has 0 amide bonds. The van der Waals surface area contributed by atoms with Crippen molar-refractivity contribution in [2.75, 3.05) is 0 Å². The quantitative estimate of drug-likeness (QED) is 0.357. The Morgan fingerprint density at radius 2 is 2.30 bits per heavy atom. The minimum Gasteiger partial charge on any atom is -0.615 e. The average Bonchev–Trinajstić information content (AvgIpc) is 2.29. The van der Waals surface area contributed by atoms with Crippen molar-refractivity contribution in [3.8, 4) is 0 Å². The molecule has 4 nitrogen and oxygen atoms in total. The molecular weight excluding hydrogens is 130 g/mol. The number of nitrogens with zero attached hydrogens (tertiary/aromatic N) is 3. The molecule has 0 aliphatic carbocycles. The van der Waals surface area contributed by atoms with Crippen molar-refractivity contribution >= 4 is 12.2 Å². The summed E-state index contributed by atoms with van der Waals surface area (Å²) >= 11 is 0. The maximum atomic E-state index is 11.4. The molecule has 2 rings (SSSR count). The van der Waals surface area contributed by atoms with Gasteiger partial charge < -0.3 is 5.21 Å². The Balaban J connectivity index is 2.51. The van der Waals surface area contributed by atoms with Crippen molar-refractivity contribution in [2.24, 2.45) is 9.98 Å². The molecule has 1 unspecified atom stereocenters. The van der Waals surface area contributed by atoms with Crippen LogP contribution in [0, 0.1) is 5.21 Å². The molecule has 0 radical (unpaired) electrons. The molecule has 0 saturated heterocycles. The van der Waals surface area contributed by atoms with Gasteiger partial charge in [-0.1, -0.05) is 0 Å². The van der Waals surface area contributed by atoms with Crippen molar-refractivity contribution in [1.29, 1.82) is 0 Å². The standard InChI is InChI=1S/C6H5N3O/c10-9-4-1-2-7-6(9)8-3-5-9/h1-5H. The van der Waals surface area contributed by atoms with Crippen molar-refractivity contribution < 1.29 is 4.65 Å². The molecule has 50 valence electrons. The van der Waals surface area contributed by atoms with Gasteiger partial charge >= 0.3 is 5.96 Å². The van der Waals surface area contributed by atoms with Crippen molar-refractivity contribution in [2.45, 2.75) is 0 Å². The summed E-state index contributed by atoms with van der Waals surface area (Å²) in [7, 11) is 0. The van der Waals surface area contributed by atoms with Gasteiger partial charge in [0.25, 0.3) is 0 Å². The predicted molar refractivity (Wildman–Crippen MR) is 37.8 cm³/mol. The van der Waals surface area contributed by atoms with Crippen molar-refractivity contribution in [3.63, 3.8) is 0 Å². The molecule has 1 atom stereocenters. The lowest BCUT2D eigenvalue weighted by atomic mass is 10.5. The molecule has 4 heteroatoms. The Morgan fingerprint density at radius 3 is 3.10 bits per heavy atom. The third-order valence-electron chi connectivity index (χ3n) is 1.37. The lowest BCUT2D eigenvalue weighted by molar-refractivity contribution is -0.670. The van der Waals surface area contributed by atoms with E-state index in [1.54, 1.807) is 12.3 Å². The van der Waals surface area contributed by atoms with E-state index >= 15 is 0 Å². The van der Waals surface area contributed by atoms with Crippen LogP contribution in [0.5, 0.6) is 0 Å². The predicted octanol–water partition coefficient (Wildman–Crippen LogP) is 0.740. The van der Waals surface area contributed by atoms with Crippen molar-refractivity contribution in [1.82, 2.24) is 0 Å². The number of hydroxylamine groups is 3. The van der Waals surface area contributed by atoms with Gasteiger partial charge in [0.15, 0.2) is 0 Å². The van der Waals surface area contributed by atoms with Crippen LogP contribution in [-0.2, 0) is 0 Å². The first-order chi connectivity index (χ1) is 4.81. The number of guanidine groups is 1. The van der Waals surface area contributed by atoms with E-state index in [0.29, 0.717) is 0 Å². The molecule has 0 aromatic heterocycles. The second kappa shape index (κ2) is 1.62. The Labute approximate surface area is 57.7 Å². The van der Waals surface area contributed by atoms with Crippen LogP contribution in [0.3, 0.4) is 0 Å². The molecule has 10 heavy (non-hydrogen) atoms. The van der Waals surface area contributed by atoms with Crippen LogP contribution in [0.4, 0.5) is 0 Å². The summed E-state index contributed by atoms with van der Waals surface area (Å²) in [5.74, 6) is 0.280. The molecule has 0 aromatic rings. The van der Waals surface area contributed by atoms with Gasteiger partial charge in [0.2, 0.25) is 0 Å². The van der Waals surface area contributed by atoms with E-state index in [-0.39, 0.29) is 5.96 Å². The first-order valence-corrected chi connectivity index (χ1v) is 2.89. The van der Waals surface area contributed by atoms with Crippen LogP contribution < -0.4 is 0 Å². The van der Waals surface area contributed by atoms with Gasteiger partial charge in [-0.15, -0.1) is 0 Å². The first kappa shape index (κ1) is 5.52. The summed E-state index contributed by atoms with van der Waals surface area (Å²) in [5.41, 5.74) is 0. The molecule has 0 bridgehead atoms. The highest BCUT2D eigenvalue weighted by Crippen LogP contribution is 2.18. The number of hydrogen-bond donors (Lipinski definition) is 0. The zero-order valence-corrected chi connectivity index (χ0v) is 5.14. The minimum atomic E-state index is -0.642. The van der Waals surface area contributed by atoms with Crippen LogP contribution in [-0.4, -0.2) is 16.8 Å². The number of hydrogen-bond acceptors (Lipinski definition) is 3. The summed E-state index contributed by atoms with van der Waals surface area (Å²) in [6, 6.07) is 0. The fourth-order valence-corrected chi connectivity index (χ4v) is 0.872. The normalized spacial score (nSPS) is 34.3. The van der Waals surface area contributed by atoms with E-state index in [1.807, 2.05) is 0 Å². The summed E-state index contributed by atoms with van der Waals surface area (Å²) in [5, 5.41) is 11.4. The number of rotatable bonds is 0. The molecule has 0 aromatic carbocycles. The van der Waals surface area contributed by atoms with E-state index in [1.165, 1.54) is 18.6 Å². The molecule has 2 heterocycles. The van der Waals surface area contributed by atoms with E-state index in [0.717, 1.165) is 0 Å². The summed E-state index contributed by atoms with van der Waals surface area (Å²) < 4.78 is -0.642. The van der Waals surface area contributed by atoms with Gasteiger partial charge in [-0.05, 0) is 0 Å². The van der Waals surface area contributed by atoms with Gasteiger partial charge in [-0.3, -0.25) is 0 Å². The molecule has 0 N–H and O–H groups in total. The van der Waals surface area contributed by atoms with Gasteiger partial charge in [0.05, 0.1) is 6.20 Å². The van der Waals surface area contributed by atoms with Gasteiger partial charge in [-0.25, -0.2) is 4.65 Å². The highest BCUT2D eigenvalue weighted by atomic mass is 16.5. The van der Waals surface area contributed by atoms with Crippen LogP contribution in [0.2, 0.25) is 0 Å². The largest absolute Gasteiger partial charge is 0.615 e. The number of aliphatic imine (C=N–C) groups is 2. The maximum Gasteiger partial charge on any atom is 0.338 e. The first-order valence-electron chi connectivity index (χ1n) is 2.89. The lowest BCUT2D eigenvalue weighted by Crippen LogP contribution is -2.34. The van der Waals surface area contributed by atoms with Crippen molar-refractivity contribution in [3.05, 3.63) is 29.9 Å². The summed E-state index contributed by atoms with van der Waals surface area (Å²) in [4.78, 5) is 7.57. The SMILES string of the molecule is [O-][N+]12C=CC=NC1=NC=C2. The fourth-order valence-electron chi connectivity index (χ4n) is 0.872. The van der Waals surface area contributed by atoms with Crippen LogP contribution in [0.15, 0.2) is 34.7 Å². The zero-order chi connectivity index (χ0) is 7.03. The number of allylic oxidation sites excluding steroid dienone is 1. The Kier molecular flexibility index (Phi) is 0.893. The Bertz CT molecular complexity index is 277. The Morgan fingerprint density at radius 1 is 1.40 bits per heavy atom. The molecular formula is C6H5N3O. The minimum absolute atomic E-state index is 0.280. The topological polar surface area (TPSA) is 47.8 Å². The third-order valence-corrected chi connectivity index (χ3v) is 1.37. The van der Waals surface area contributed by atoms with Crippen LogP contribution in [0.1, 0.15) is 0 Å². The molecule has 0 spiro atoms. The zero-order valence-electron chi connectivity index (χ0n) is 5.14. The van der Waals surface area contributed by atoms with Gasteiger partial charge in [0.1, 0.15) is 12.4 Å². The van der Waals surface area contributed by atoms with E-state index in [4.69, 9.17) is 0 Å². The fraction of sp³-hybridized carbons (Fsp3) is 0. The van der Waals surface area contributed by atoms with Gasteiger partial charge in [-0.2, -0.15) is 9.98 Å². The second-order valence-electron chi connectivity index (χ2n) is 2.06. The summed E-state index contributed by atoms with van der Waals surface area (Å²) in [6.07, 6.45) is 7.55. The molecule has 0 fully saturated rings. The number of quaternary nitrogens is 1. The number of fused-ring (bicyclic) bond motifs is 1. The molecule has 2 aliphatic rings. The highest BCUT2D eigenvalue weighted by Gasteiger charge is 2.24. The molecule has 0 saturated carbocycles. The highest BCUT2D eigenvalue weighted by molar-refractivity contribution is 5.90. The molecule has 2 aliphatic heterocycles. The second-order valence-corrected chi connectivity index (χ2v) is 2.06. The lowest BCUT2D eigenvalue weighted by Gasteiger charge is -2.29. The average molecular weight is 135 g/mol. The van der Waals surface area contributed by atoms with E-state index in [9.17, 15) is 5.21 Å². The van der Waals surface area contributed by atoms with Crippen LogP contribution >= 0.6 is 0 Å².